The Kier molecular flexibility index (Phi) is 8.68. The Morgan fingerprint density at radius 1 is 1.00 bits per heavy atom. The van der Waals surface area contributed by atoms with Gasteiger partial charge in [-0.1, -0.05) is 32.8 Å². The summed E-state index contributed by atoms with van der Waals surface area (Å²) in [5, 5.41) is 0.243. The third-order valence-corrected chi connectivity index (χ3v) is 6.10. The van der Waals surface area contributed by atoms with E-state index in [0.717, 1.165) is 25.7 Å². The zero-order valence-electron chi connectivity index (χ0n) is 22.0. The highest BCUT2D eigenvalue weighted by molar-refractivity contribution is 5.97. The molecule has 0 spiro atoms. The van der Waals surface area contributed by atoms with E-state index < -0.39 is 11.9 Å². The van der Waals surface area contributed by atoms with Gasteiger partial charge in [-0.3, -0.25) is 14.0 Å². The topological polar surface area (TPSA) is 104 Å². The smallest absolute Gasteiger partial charge is 0.341 e. The second-order valence-electron chi connectivity index (χ2n) is 8.83. The summed E-state index contributed by atoms with van der Waals surface area (Å²) in [7, 11) is 0. The first-order chi connectivity index (χ1) is 18.5. The molecule has 4 aromatic rings. The van der Waals surface area contributed by atoms with Crippen molar-refractivity contribution in [3.63, 3.8) is 0 Å². The minimum Gasteiger partial charge on any atom is -0.494 e. The molecule has 0 radical (unpaired) electrons. The van der Waals surface area contributed by atoms with Crippen molar-refractivity contribution in [2.75, 3.05) is 13.2 Å². The summed E-state index contributed by atoms with van der Waals surface area (Å²) in [6, 6.07) is 13.4. The number of hydrogen-bond donors (Lipinski definition) is 0. The monoisotopic (exact) mass is 516 g/mol. The number of amides is 1. The van der Waals surface area contributed by atoms with Crippen molar-refractivity contribution < 1.29 is 19.1 Å². The number of carbonyl (C=O) groups excluding carboxylic acids is 2. The molecular weight excluding hydrogens is 484 g/mol. The molecule has 0 unspecified atom stereocenters. The third kappa shape index (κ3) is 5.66. The molecule has 1 amide bonds. The molecule has 0 saturated carbocycles. The van der Waals surface area contributed by atoms with E-state index >= 15 is 0 Å². The summed E-state index contributed by atoms with van der Waals surface area (Å²) in [5.74, 6) is -0.524. The molecule has 4 rings (SSSR count). The van der Waals surface area contributed by atoms with Crippen molar-refractivity contribution in [3.05, 3.63) is 81.7 Å². The van der Waals surface area contributed by atoms with Crippen LogP contribution in [0.25, 0.3) is 16.7 Å². The van der Waals surface area contributed by atoms with Gasteiger partial charge < -0.3 is 14.0 Å². The van der Waals surface area contributed by atoms with Gasteiger partial charge >= 0.3 is 5.97 Å². The standard InChI is InChI=1S/C29H32N4O5/c1-4-7-16-33-25-22(28(35)32-17-10-9-11-24(32)30-25)19-23(29(36)37-6-3)26(33)31-27(34)20-12-14-21(15-13-20)38-18-8-5-2/h9-15,17,19H,4-8,16,18H2,1-3H3. The van der Waals surface area contributed by atoms with Crippen LogP contribution in [0.1, 0.15) is 67.2 Å². The predicted molar refractivity (Wildman–Crippen MR) is 145 cm³/mol. The number of benzene rings is 1. The molecule has 0 saturated heterocycles. The Bertz CT molecular complexity index is 1590. The van der Waals surface area contributed by atoms with Gasteiger partial charge in [-0.2, -0.15) is 4.99 Å². The van der Waals surface area contributed by atoms with Gasteiger partial charge in [-0.05, 0) is 62.2 Å². The number of carbonyl (C=O) groups is 2. The highest BCUT2D eigenvalue weighted by atomic mass is 16.5. The molecule has 0 bridgehead atoms. The van der Waals surface area contributed by atoms with Crippen molar-refractivity contribution in [2.24, 2.45) is 4.99 Å². The van der Waals surface area contributed by atoms with Gasteiger partial charge in [-0.25, -0.2) is 9.78 Å². The van der Waals surface area contributed by atoms with E-state index in [1.807, 2.05) is 6.92 Å². The molecule has 38 heavy (non-hydrogen) atoms. The zero-order valence-corrected chi connectivity index (χ0v) is 22.0. The maximum atomic E-state index is 13.4. The van der Waals surface area contributed by atoms with Crippen molar-refractivity contribution in [3.8, 4) is 5.75 Å². The fourth-order valence-corrected chi connectivity index (χ4v) is 4.07. The van der Waals surface area contributed by atoms with Crippen molar-refractivity contribution >= 4 is 28.6 Å². The van der Waals surface area contributed by atoms with Gasteiger partial charge in [-0.15, -0.1) is 0 Å². The van der Waals surface area contributed by atoms with Crippen LogP contribution in [0.3, 0.4) is 0 Å². The largest absolute Gasteiger partial charge is 0.494 e. The second-order valence-corrected chi connectivity index (χ2v) is 8.83. The third-order valence-electron chi connectivity index (χ3n) is 6.10. The summed E-state index contributed by atoms with van der Waals surface area (Å²) in [5.41, 5.74) is 0.987. The number of unbranched alkanes of at least 4 members (excludes halogenated alkanes) is 2. The first-order valence-electron chi connectivity index (χ1n) is 13.0. The summed E-state index contributed by atoms with van der Waals surface area (Å²) < 4.78 is 14.1. The SMILES string of the molecule is CCCCOc1ccc(C(=O)N=c2c(C(=O)OCC)cc3c(=O)n4ccccc4nc3n2CCCC)cc1. The Labute approximate surface area is 220 Å². The minimum absolute atomic E-state index is 0.0399. The summed E-state index contributed by atoms with van der Waals surface area (Å²) in [4.78, 5) is 48.8. The van der Waals surface area contributed by atoms with E-state index in [9.17, 15) is 14.4 Å². The van der Waals surface area contributed by atoms with E-state index in [1.54, 1.807) is 60.2 Å². The first-order valence-corrected chi connectivity index (χ1v) is 13.0. The lowest BCUT2D eigenvalue weighted by molar-refractivity contribution is 0.0523. The second kappa shape index (κ2) is 12.3. The van der Waals surface area contributed by atoms with Gasteiger partial charge in [0.2, 0.25) is 0 Å². The molecule has 9 heteroatoms. The number of nitrogens with zero attached hydrogens (tertiary/aromatic N) is 4. The highest BCUT2D eigenvalue weighted by Gasteiger charge is 2.20. The van der Waals surface area contributed by atoms with E-state index in [-0.39, 0.29) is 28.6 Å². The number of aryl methyl sites for hydroxylation is 1. The van der Waals surface area contributed by atoms with Crippen LogP contribution in [-0.2, 0) is 11.3 Å². The van der Waals surface area contributed by atoms with Crippen molar-refractivity contribution in [2.45, 2.75) is 53.0 Å². The average Bonchev–Trinajstić information content (AvgIpc) is 2.93. The Morgan fingerprint density at radius 3 is 2.47 bits per heavy atom. The Hall–Kier alpha value is -4.27. The molecule has 0 atom stereocenters. The Morgan fingerprint density at radius 2 is 1.76 bits per heavy atom. The fourth-order valence-electron chi connectivity index (χ4n) is 4.07. The molecule has 0 aliphatic heterocycles. The maximum absolute atomic E-state index is 13.4. The van der Waals surface area contributed by atoms with Crippen LogP contribution in [0.2, 0.25) is 0 Å². The van der Waals surface area contributed by atoms with Crippen molar-refractivity contribution in [1.82, 2.24) is 14.0 Å². The van der Waals surface area contributed by atoms with Gasteiger partial charge in [0.25, 0.3) is 11.5 Å². The van der Waals surface area contributed by atoms with Gasteiger partial charge in [0.15, 0.2) is 5.49 Å². The molecule has 198 valence electrons. The number of ether oxygens (including phenoxy) is 2. The van der Waals surface area contributed by atoms with Gasteiger partial charge in [0.05, 0.1) is 18.6 Å². The maximum Gasteiger partial charge on any atom is 0.341 e. The lowest BCUT2D eigenvalue weighted by Gasteiger charge is -2.15. The number of esters is 1. The van der Waals surface area contributed by atoms with Crippen LogP contribution >= 0.6 is 0 Å². The number of fused-ring (bicyclic) bond motifs is 2. The van der Waals surface area contributed by atoms with Crippen molar-refractivity contribution in [1.29, 1.82) is 0 Å². The molecule has 0 fully saturated rings. The number of rotatable bonds is 10. The summed E-state index contributed by atoms with van der Waals surface area (Å²) in [6.45, 7) is 6.96. The van der Waals surface area contributed by atoms with E-state index in [4.69, 9.17) is 14.5 Å². The number of aromatic nitrogens is 3. The van der Waals surface area contributed by atoms with Gasteiger partial charge in [0.1, 0.15) is 22.6 Å². The minimum atomic E-state index is -0.663. The van der Waals surface area contributed by atoms with Crippen LogP contribution in [0.5, 0.6) is 5.75 Å². The normalized spacial score (nSPS) is 11.7. The quantitative estimate of drug-likeness (QED) is 0.174. The molecule has 0 aliphatic carbocycles. The van der Waals surface area contributed by atoms with E-state index in [0.29, 0.717) is 35.8 Å². The predicted octanol–water partition coefficient (Wildman–Crippen LogP) is 4.55. The lowest BCUT2D eigenvalue weighted by atomic mass is 10.2. The van der Waals surface area contributed by atoms with E-state index in [2.05, 4.69) is 11.9 Å². The number of pyridine rings is 2. The molecule has 9 nitrogen and oxygen atoms in total. The van der Waals surface area contributed by atoms with Crippen LogP contribution in [0.15, 0.2) is 64.5 Å². The van der Waals surface area contributed by atoms with Crippen LogP contribution in [-0.4, -0.2) is 39.0 Å². The summed E-state index contributed by atoms with van der Waals surface area (Å²) >= 11 is 0. The Balaban J connectivity index is 1.93. The first kappa shape index (κ1) is 26.8. The van der Waals surface area contributed by atoms with Crippen LogP contribution in [0, 0.1) is 0 Å². The fraction of sp³-hybridized carbons (Fsp3) is 0.345. The van der Waals surface area contributed by atoms with Crippen LogP contribution < -0.4 is 15.8 Å². The molecule has 0 N–H and O–H groups in total. The average molecular weight is 517 g/mol. The highest BCUT2D eigenvalue weighted by Crippen LogP contribution is 2.15. The molecule has 0 aliphatic rings. The number of hydrogen-bond acceptors (Lipinski definition) is 6. The molecular formula is C29H32N4O5. The summed E-state index contributed by atoms with van der Waals surface area (Å²) in [6.07, 6.45) is 5.17. The molecule has 3 heterocycles. The van der Waals surface area contributed by atoms with Crippen LogP contribution in [0.4, 0.5) is 0 Å². The van der Waals surface area contributed by atoms with E-state index in [1.165, 1.54) is 10.5 Å². The molecule has 1 aromatic carbocycles. The molecule has 3 aromatic heterocycles. The zero-order chi connectivity index (χ0) is 27.1. The van der Waals surface area contributed by atoms with Gasteiger partial charge in [0, 0.05) is 18.3 Å². The lowest BCUT2D eigenvalue weighted by Crippen LogP contribution is -2.32.